The van der Waals surface area contributed by atoms with Gasteiger partial charge in [-0.25, -0.2) is 0 Å². The number of halogens is 1. The minimum Gasteiger partial charge on any atom is -1.00 e. The number of nitrogens with one attached hydrogen (secondary N) is 3. The van der Waals surface area contributed by atoms with Gasteiger partial charge >= 0.3 is 0 Å². The van der Waals surface area contributed by atoms with Crippen molar-refractivity contribution < 1.29 is 22.0 Å². The molecule has 2 unspecified atom stereocenters. The van der Waals surface area contributed by atoms with Crippen LogP contribution in [0.15, 0.2) is 60.7 Å². The van der Waals surface area contributed by atoms with Gasteiger partial charge in [-0.3, -0.25) is 9.59 Å². The summed E-state index contributed by atoms with van der Waals surface area (Å²) in [5.74, 6) is 0.0936. The molecule has 3 N–H and O–H groups in total. The fourth-order valence-corrected chi connectivity index (χ4v) is 3.97. The Morgan fingerprint density at radius 2 is 1.47 bits per heavy atom. The second-order valence-corrected chi connectivity index (χ2v) is 8.16. The van der Waals surface area contributed by atoms with Gasteiger partial charge in [0, 0.05) is 35.8 Å². The van der Waals surface area contributed by atoms with E-state index in [1.165, 1.54) is 0 Å². The minimum absolute atomic E-state index is 0. The number of rotatable bonds is 8. The lowest BCUT2D eigenvalue weighted by molar-refractivity contribution is -0.117. The Morgan fingerprint density at radius 1 is 0.933 bits per heavy atom. The molecule has 3 rings (SSSR count). The summed E-state index contributed by atoms with van der Waals surface area (Å²) in [6.07, 6.45) is 5.83. The third-order valence-corrected chi connectivity index (χ3v) is 5.57. The average molecular weight is 429 g/mol. The van der Waals surface area contributed by atoms with Crippen LogP contribution in [0, 0.1) is 0 Å². The molecule has 0 saturated carbocycles. The molecular formula is C24H31ClN3O2-. The fraction of sp³-hybridized carbons (Fsp3) is 0.417. The molecule has 0 bridgehead atoms. The molecule has 1 aliphatic heterocycles. The van der Waals surface area contributed by atoms with E-state index >= 15 is 0 Å². The molecule has 5 nitrogen and oxygen atoms in total. The highest BCUT2D eigenvalue weighted by Gasteiger charge is 2.31. The predicted molar refractivity (Wildman–Crippen MR) is 118 cm³/mol. The van der Waals surface area contributed by atoms with E-state index in [-0.39, 0.29) is 29.8 Å². The molecule has 2 atom stereocenters. The Labute approximate surface area is 185 Å². The lowest BCUT2D eigenvalue weighted by atomic mass is 9.83. The second kappa shape index (κ2) is 11.7. The number of para-hydroxylation sites is 2. The number of amides is 2. The maximum Gasteiger partial charge on any atom is 0.224 e. The highest BCUT2D eigenvalue weighted by atomic mass is 35.5. The Kier molecular flexibility index (Phi) is 9.34. The van der Waals surface area contributed by atoms with E-state index in [2.05, 4.69) is 22.9 Å². The van der Waals surface area contributed by atoms with Gasteiger partial charge in [0.15, 0.2) is 0 Å². The summed E-state index contributed by atoms with van der Waals surface area (Å²) < 4.78 is 0. The maximum absolute atomic E-state index is 12.3. The van der Waals surface area contributed by atoms with Crippen LogP contribution in [0.1, 0.15) is 51.9 Å². The summed E-state index contributed by atoms with van der Waals surface area (Å²) in [6, 6.07) is 19.4. The molecule has 2 aromatic rings. The second-order valence-electron chi connectivity index (χ2n) is 8.16. The van der Waals surface area contributed by atoms with Gasteiger partial charge in [-0.1, -0.05) is 42.8 Å². The number of anilines is 2. The standard InChI is InChI=1S/C24H31N3O2.ClH/c1-24(18-16-23(29)26-20-11-6-3-7-12-20)17-8-13-21(27-24)14-15-22(28)25-19-9-4-2-5-10-19;/h2-7,9-12,21,27H,8,13-18H2,1H3,(H,25,28)(H,26,29);1H/p-1. The first-order valence-electron chi connectivity index (χ1n) is 10.5. The molecule has 0 spiro atoms. The molecule has 1 saturated heterocycles. The van der Waals surface area contributed by atoms with Crippen molar-refractivity contribution in [2.24, 2.45) is 0 Å². The number of carbonyl (C=O) groups excluding carboxylic acids is 2. The van der Waals surface area contributed by atoms with Crippen molar-refractivity contribution in [3.63, 3.8) is 0 Å². The van der Waals surface area contributed by atoms with Crippen LogP contribution in [0.2, 0.25) is 0 Å². The molecule has 1 fully saturated rings. The minimum atomic E-state index is -0.0626. The first-order chi connectivity index (χ1) is 14.0. The Balaban J connectivity index is 0.00000320. The molecular weight excluding hydrogens is 398 g/mol. The van der Waals surface area contributed by atoms with Gasteiger partial charge in [0.1, 0.15) is 0 Å². The van der Waals surface area contributed by atoms with E-state index < -0.39 is 0 Å². The van der Waals surface area contributed by atoms with E-state index in [1.807, 2.05) is 60.7 Å². The van der Waals surface area contributed by atoms with Gasteiger partial charge in [0.05, 0.1) is 0 Å². The molecule has 2 amide bonds. The molecule has 2 aromatic carbocycles. The van der Waals surface area contributed by atoms with Crippen molar-refractivity contribution in [1.29, 1.82) is 0 Å². The highest BCUT2D eigenvalue weighted by molar-refractivity contribution is 5.91. The number of benzene rings is 2. The number of hydrogen-bond donors (Lipinski definition) is 3. The Hall–Kier alpha value is -2.37. The van der Waals surface area contributed by atoms with Crippen molar-refractivity contribution in [3.05, 3.63) is 60.7 Å². The van der Waals surface area contributed by atoms with Gasteiger partial charge < -0.3 is 28.4 Å². The predicted octanol–water partition coefficient (Wildman–Crippen LogP) is 1.73. The molecule has 0 aliphatic carbocycles. The lowest BCUT2D eigenvalue weighted by Crippen LogP contribution is -3.00. The van der Waals surface area contributed by atoms with Crippen LogP contribution in [0.4, 0.5) is 11.4 Å². The van der Waals surface area contributed by atoms with Crippen molar-refractivity contribution in [2.45, 2.75) is 63.5 Å². The van der Waals surface area contributed by atoms with E-state index in [9.17, 15) is 9.59 Å². The zero-order valence-corrected chi connectivity index (χ0v) is 18.3. The largest absolute Gasteiger partial charge is 1.00 e. The monoisotopic (exact) mass is 428 g/mol. The first-order valence-corrected chi connectivity index (χ1v) is 10.5. The summed E-state index contributed by atoms with van der Waals surface area (Å²) in [6.45, 7) is 2.19. The van der Waals surface area contributed by atoms with Crippen LogP contribution in [-0.2, 0) is 9.59 Å². The van der Waals surface area contributed by atoms with Crippen LogP contribution in [0.25, 0.3) is 0 Å². The molecule has 0 aromatic heterocycles. The first kappa shape index (κ1) is 23.9. The fourth-order valence-electron chi connectivity index (χ4n) is 3.97. The van der Waals surface area contributed by atoms with Crippen molar-refractivity contribution in [3.8, 4) is 0 Å². The molecule has 1 heterocycles. The Morgan fingerprint density at radius 3 is 2.03 bits per heavy atom. The number of carbonyl (C=O) groups is 2. The summed E-state index contributed by atoms with van der Waals surface area (Å²) in [5.41, 5.74) is 1.61. The Bertz CT molecular complexity index is 801. The molecule has 30 heavy (non-hydrogen) atoms. The van der Waals surface area contributed by atoms with Crippen LogP contribution in [-0.4, -0.2) is 23.4 Å². The third kappa shape index (κ3) is 7.81. The van der Waals surface area contributed by atoms with E-state index in [0.29, 0.717) is 18.9 Å². The summed E-state index contributed by atoms with van der Waals surface area (Å²) >= 11 is 0. The van der Waals surface area contributed by atoms with E-state index in [4.69, 9.17) is 0 Å². The normalized spacial score (nSPS) is 20.6. The van der Waals surface area contributed by atoms with Crippen molar-refractivity contribution in [2.75, 3.05) is 10.6 Å². The van der Waals surface area contributed by atoms with E-state index in [0.717, 1.165) is 43.5 Å². The SMILES string of the molecule is CC1(CCC(=O)Nc2ccccc2)CCCC(CCC(=O)Nc2ccccc2)N1.[Cl-]. The summed E-state index contributed by atoms with van der Waals surface area (Å²) in [5, 5.41) is 9.61. The quantitative estimate of drug-likeness (QED) is 0.599. The maximum atomic E-state index is 12.3. The van der Waals surface area contributed by atoms with Crippen LogP contribution in [0.5, 0.6) is 0 Å². The zero-order chi connectivity index (χ0) is 20.5. The number of hydrogen-bond acceptors (Lipinski definition) is 3. The molecule has 0 radical (unpaired) electrons. The smallest absolute Gasteiger partial charge is 0.224 e. The highest BCUT2D eigenvalue weighted by Crippen LogP contribution is 2.28. The summed E-state index contributed by atoms with van der Waals surface area (Å²) in [4.78, 5) is 24.5. The lowest BCUT2D eigenvalue weighted by Gasteiger charge is -2.40. The zero-order valence-electron chi connectivity index (χ0n) is 17.5. The topological polar surface area (TPSA) is 70.2 Å². The van der Waals surface area contributed by atoms with Gasteiger partial charge in [0.2, 0.25) is 11.8 Å². The average Bonchev–Trinajstić information content (AvgIpc) is 2.73. The van der Waals surface area contributed by atoms with Crippen LogP contribution < -0.4 is 28.4 Å². The number of piperidine rings is 1. The van der Waals surface area contributed by atoms with Gasteiger partial charge in [-0.2, -0.15) is 0 Å². The van der Waals surface area contributed by atoms with Gasteiger partial charge in [-0.15, -0.1) is 0 Å². The van der Waals surface area contributed by atoms with E-state index in [1.54, 1.807) is 0 Å². The molecule has 1 aliphatic rings. The van der Waals surface area contributed by atoms with Crippen LogP contribution >= 0.6 is 0 Å². The summed E-state index contributed by atoms with van der Waals surface area (Å²) in [7, 11) is 0. The van der Waals surface area contributed by atoms with Crippen molar-refractivity contribution in [1.82, 2.24) is 5.32 Å². The third-order valence-electron chi connectivity index (χ3n) is 5.57. The van der Waals surface area contributed by atoms with Crippen LogP contribution in [0.3, 0.4) is 0 Å². The van der Waals surface area contributed by atoms with Gasteiger partial charge in [0.25, 0.3) is 0 Å². The molecule has 162 valence electrons. The van der Waals surface area contributed by atoms with Crippen molar-refractivity contribution >= 4 is 23.2 Å². The molecule has 6 heteroatoms. The van der Waals surface area contributed by atoms with Gasteiger partial charge in [-0.05, 0) is 56.9 Å².